The number of aldehydes is 1. The van der Waals surface area contributed by atoms with Gasteiger partial charge in [-0.2, -0.15) is 0 Å². The van der Waals surface area contributed by atoms with Crippen molar-refractivity contribution in [1.82, 2.24) is 0 Å². The van der Waals surface area contributed by atoms with Crippen molar-refractivity contribution in [1.29, 1.82) is 0 Å². The summed E-state index contributed by atoms with van der Waals surface area (Å²) in [6.45, 7) is 0.414. The molecule has 1 aliphatic rings. The summed E-state index contributed by atoms with van der Waals surface area (Å²) in [5.74, 6) is 1.18. The molecule has 0 bridgehead atoms. The fraction of sp³-hybridized carbons (Fsp3) is 0.0714. The van der Waals surface area contributed by atoms with Crippen molar-refractivity contribution in [3.05, 3.63) is 53.6 Å². The second-order valence-electron chi connectivity index (χ2n) is 4.32. The Balaban J connectivity index is 1.87. The molecule has 4 nitrogen and oxygen atoms in total. The predicted molar refractivity (Wildman–Crippen MR) is 70.7 cm³/mol. The molecule has 0 saturated heterocycles. The molecule has 3 rings (SSSR count). The Morgan fingerprint density at radius 3 is 2.89 bits per heavy atom. The van der Waals surface area contributed by atoms with Crippen molar-refractivity contribution >= 4 is 18.9 Å². The Morgan fingerprint density at radius 2 is 2.05 bits per heavy atom. The number of carbonyl (C=O) groups is 1. The molecule has 0 unspecified atom stereocenters. The first kappa shape index (κ1) is 12.0. The Hall–Kier alpha value is -2.11. The van der Waals surface area contributed by atoms with E-state index in [-0.39, 0.29) is 0 Å². The van der Waals surface area contributed by atoms with Crippen LogP contribution in [0.1, 0.15) is 15.9 Å². The Labute approximate surface area is 110 Å². The highest BCUT2D eigenvalue weighted by Crippen LogP contribution is 2.23. The normalized spacial score (nSPS) is 13.2. The highest BCUT2D eigenvalue weighted by Gasteiger charge is 2.27. The number of hydrogen-bond donors (Lipinski definition) is 1. The lowest BCUT2D eigenvalue weighted by Crippen LogP contribution is -2.27. The second kappa shape index (κ2) is 4.88. The highest BCUT2D eigenvalue weighted by molar-refractivity contribution is 6.61. The summed E-state index contributed by atoms with van der Waals surface area (Å²) in [6.07, 6.45) is 0.771. The number of benzene rings is 2. The Bertz CT molecular complexity index is 627. The fourth-order valence-corrected chi connectivity index (χ4v) is 2.04. The number of carbonyl (C=O) groups excluding carboxylic acids is 1. The molecule has 2 aromatic carbocycles. The van der Waals surface area contributed by atoms with E-state index in [2.05, 4.69) is 0 Å². The lowest BCUT2D eigenvalue weighted by molar-refractivity contribution is 0.112. The third-order valence-electron chi connectivity index (χ3n) is 3.01. The van der Waals surface area contributed by atoms with Crippen LogP contribution in [0.3, 0.4) is 0 Å². The van der Waals surface area contributed by atoms with Gasteiger partial charge in [-0.05, 0) is 35.3 Å². The quantitative estimate of drug-likeness (QED) is 0.666. The zero-order valence-electron chi connectivity index (χ0n) is 10.1. The van der Waals surface area contributed by atoms with E-state index in [1.54, 1.807) is 30.3 Å². The van der Waals surface area contributed by atoms with Gasteiger partial charge in [0.15, 0.2) is 0 Å². The minimum atomic E-state index is -0.889. The standard InChI is InChI=1S/C14H11BO4/c16-8-10-2-1-3-12(6-10)19-13-5-4-11-9-18-15(17)14(11)7-13/h1-8,17H,9H2. The molecule has 0 aromatic heterocycles. The van der Waals surface area contributed by atoms with E-state index in [9.17, 15) is 9.82 Å². The van der Waals surface area contributed by atoms with Crippen LogP contribution in [-0.2, 0) is 11.3 Å². The first-order chi connectivity index (χ1) is 9.26. The average molecular weight is 254 g/mol. The predicted octanol–water partition coefficient (Wildman–Crippen LogP) is 1.51. The molecular formula is C14H11BO4. The van der Waals surface area contributed by atoms with Gasteiger partial charge in [0.05, 0.1) is 6.61 Å². The maximum Gasteiger partial charge on any atom is 0.491 e. The third-order valence-corrected chi connectivity index (χ3v) is 3.01. The smallest absolute Gasteiger partial charge is 0.457 e. The van der Waals surface area contributed by atoms with Gasteiger partial charge in [0.2, 0.25) is 0 Å². The van der Waals surface area contributed by atoms with Crippen LogP contribution < -0.4 is 10.2 Å². The van der Waals surface area contributed by atoms with Crippen LogP contribution in [0, 0.1) is 0 Å². The first-order valence-corrected chi connectivity index (χ1v) is 5.92. The van der Waals surface area contributed by atoms with E-state index in [1.807, 2.05) is 12.1 Å². The van der Waals surface area contributed by atoms with Crippen molar-refractivity contribution in [3.8, 4) is 11.5 Å². The van der Waals surface area contributed by atoms with E-state index < -0.39 is 7.12 Å². The summed E-state index contributed by atoms with van der Waals surface area (Å²) in [6, 6.07) is 12.3. The van der Waals surface area contributed by atoms with Gasteiger partial charge in [0.25, 0.3) is 0 Å². The van der Waals surface area contributed by atoms with Gasteiger partial charge in [0.1, 0.15) is 17.8 Å². The van der Waals surface area contributed by atoms with Gasteiger partial charge in [0, 0.05) is 5.56 Å². The van der Waals surface area contributed by atoms with Crippen molar-refractivity contribution in [2.24, 2.45) is 0 Å². The van der Waals surface area contributed by atoms with Gasteiger partial charge < -0.3 is 14.4 Å². The molecule has 1 aliphatic heterocycles. The second-order valence-corrected chi connectivity index (χ2v) is 4.32. The van der Waals surface area contributed by atoms with E-state index in [1.165, 1.54) is 0 Å². The maximum atomic E-state index is 10.7. The van der Waals surface area contributed by atoms with Crippen LogP contribution in [0.15, 0.2) is 42.5 Å². The molecule has 19 heavy (non-hydrogen) atoms. The molecule has 0 atom stereocenters. The summed E-state index contributed by atoms with van der Waals surface area (Å²) in [5.41, 5.74) is 2.24. The molecule has 0 radical (unpaired) electrons. The van der Waals surface area contributed by atoms with Crippen LogP contribution in [0.25, 0.3) is 0 Å². The molecule has 0 saturated carbocycles. The summed E-state index contributed by atoms with van der Waals surface area (Å²) in [4.78, 5) is 10.7. The van der Waals surface area contributed by atoms with Crippen LogP contribution in [-0.4, -0.2) is 18.4 Å². The van der Waals surface area contributed by atoms with Crippen molar-refractivity contribution in [2.45, 2.75) is 6.61 Å². The number of hydrogen-bond acceptors (Lipinski definition) is 4. The van der Waals surface area contributed by atoms with E-state index in [0.717, 1.165) is 17.3 Å². The van der Waals surface area contributed by atoms with Crippen LogP contribution >= 0.6 is 0 Å². The van der Waals surface area contributed by atoms with E-state index in [4.69, 9.17) is 9.39 Å². The molecule has 0 fully saturated rings. The molecule has 0 aliphatic carbocycles. The van der Waals surface area contributed by atoms with Gasteiger partial charge in [-0.3, -0.25) is 4.79 Å². The molecule has 1 N–H and O–H groups in total. The van der Waals surface area contributed by atoms with Gasteiger partial charge in [-0.1, -0.05) is 18.2 Å². The van der Waals surface area contributed by atoms with E-state index >= 15 is 0 Å². The SMILES string of the molecule is O=Cc1cccc(Oc2ccc3c(c2)B(O)OC3)c1. The minimum absolute atomic E-state index is 0.414. The fourth-order valence-electron chi connectivity index (χ4n) is 2.04. The van der Waals surface area contributed by atoms with Crippen molar-refractivity contribution in [2.75, 3.05) is 0 Å². The highest BCUT2D eigenvalue weighted by atomic mass is 16.5. The molecular weight excluding hydrogens is 243 g/mol. The monoisotopic (exact) mass is 254 g/mol. The molecule has 1 heterocycles. The zero-order chi connectivity index (χ0) is 13.2. The number of ether oxygens (including phenoxy) is 1. The number of rotatable bonds is 3. The average Bonchev–Trinajstić information content (AvgIpc) is 2.80. The molecule has 94 valence electrons. The molecule has 0 amide bonds. The zero-order valence-corrected chi connectivity index (χ0v) is 10.1. The molecule has 2 aromatic rings. The lowest BCUT2D eigenvalue weighted by atomic mass is 9.79. The van der Waals surface area contributed by atoms with Crippen molar-refractivity contribution < 1.29 is 19.2 Å². The Kier molecular flexibility index (Phi) is 3.07. The van der Waals surface area contributed by atoms with Gasteiger partial charge in [-0.25, -0.2) is 0 Å². The molecule has 5 heteroatoms. The summed E-state index contributed by atoms with van der Waals surface area (Å²) in [7, 11) is -0.889. The third kappa shape index (κ3) is 2.38. The van der Waals surface area contributed by atoms with Gasteiger partial charge in [-0.15, -0.1) is 0 Å². The van der Waals surface area contributed by atoms with Crippen molar-refractivity contribution in [3.63, 3.8) is 0 Å². The first-order valence-electron chi connectivity index (χ1n) is 5.92. The topological polar surface area (TPSA) is 55.8 Å². The van der Waals surface area contributed by atoms with E-state index in [0.29, 0.717) is 23.7 Å². The Morgan fingerprint density at radius 1 is 1.21 bits per heavy atom. The minimum Gasteiger partial charge on any atom is -0.457 e. The number of fused-ring (bicyclic) bond motifs is 1. The lowest BCUT2D eigenvalue weighted by Gasteiger charge is -2.07. The van der Waals surface area contributed by atoms with Crippen LogP contribution in [0.4, 0.5) is 0 Å². The molecule has 0 spiro atoms. The summed E-state index contributed by atoms with van der Waals surface area (Å²) >= 11 is 0. The van der Waals surface area contributed by atoms with Crippen LogP contribution in [0.2, 0.25) is 0 Å². The summed E-state index contributed by atoms with van der Waals surface area (Å²) < 4.78 is 10.8. The maximum absolute atomic E-state index is 10.7. The largest absolute Gasteiger partial charge is 0.491 e. The van der Waals surface area contributed by atoms with Crippen LogP contribution in [0.5, 0.6) is 11.5 Å². The summed E-state index contributed by atoms with van der Waals surface area (Å²) in [5, 5.41) is 9.63. The van der Waals surface area contributed by atoms with Gasteiger partial charge >= 0.3 is 7.12 Å².